The SMILES string of the molecule is CC(=O)c1ccc(C(=O)NC2CCNC(C)C2)cc1.Cl. The van der Waals surface area contributed by atoms with Crippen LogP contribution < -0.4 is 10.6 Å². The van der Waals surface area contributed by atoms with Crippen LogP contribution in [0, 0.1) is 0 Å². The van der Waals surface area contributed by atoms with E-state index >= 15 is 0 Å². The number of hydrogen-bond acceptors (Lipinski definition) is 3. The number of ketones is 1. The molecule has 20 heavy (non-hydrogen) atoms. The maximum atomic E-state index is 12.1. The summed E-state index contributed by atoms with van der Waals surface area (Å²) in [7, 11) is 0. The lowest BCUT2D eigenvalue weighted by Gasteiger charge is -2.28. The van der Waals surface area contributed by atoms with E-state index in [1.807, 2.05) is 0 Å². The quantitative estimate of drug-likeness (QED) is 0.841. The molecule has 1 aliphatic rings. The Kier molecular flexibility index (Phi) is 6.17. The molecule has 0 aliphatic carbocycles. The molecule has 110 valence electrons. The van der Waals surface area contributed by atoms with Gasteiger partial charge in [0.05, 0.1) is 0 Å². The molecule has 1 saturated heterocycles. The summed E-state index contributed by atoms with van der Waals surface area (Å²) in [5, 5.41) is 6.41. The maximum absolute atomic E-state index is 12.1. The average Bonchev–Trinajstić information content (AvgIpc) is 2.39. The lowest BCUT2D eigenvalue weighted by molar-refractivity contribution is 0.0924. The number of carbonyl (C=O) groups is 2. The Morgan fingerprint density at radius 3 is 2.35 bits per heavy atom. The molecule has 0 radical (unpaired) electrons. The van der Waals surface area contributed by atoms with Gasteiger partial charge in [0.1, 0.15) is 0 Å². The number of carbonyl (C=O) groups excluding carboxylic acids is 2. The van der Waals surface area contributed by atoms with Gasteiger partial charge in [-0.25, -0.2) is 0 Å². The summed E-state index contributed by atoms with van der Waals surface area (Å²) in [5.41, 5.74) is 1.24. The van der Waals surface area contributed by atoms with Crippen LogP contribution in [0.2, 0.25) is 0 Å². The molecule has 0 aromatic heterocycles. The predicted molar refractivity (Wildman–Crippen MR) is 81.6 cm³/mol. The molecule has 2 rings (SSSR count). The van der Waals surface area contributed by atoms with Crippen molar-refractivity contribution in [3.63, 3.8) is 0 Å². The summed E-state index contributed by atoms with van der Waals surface area (Å²) in [6.45, 7) is 4.58. The Morgan fingerprint density at radius 2 is 1.80 bits per heavy atom. The summed E-state index contributed by atoms with van der Waals surface area (Å²) in [5.74, 6) is -0.0478. The van der Waals surface area contributed by atoms with E-state index < -0.39 is 0 Å². The van der Waals surface area contributed by atoms with Crippen molar-refractivity contribution in [2.75, 3.05) is 6.54 Å². The first-order valence-corrected chi connectivity index (χ1v) is 6.71. The number of halogens is 1. The third-order valence-corrected chi connectivity index (χ3v) is 3.51. The Balaban J connectivity index is 0.00000200. The van der Waals surface area contributed by atoms with E-state index in [-0.39, 0.29) is 30.1 Å². The normalized spacial score (nSPS) is 21.7. The molecule has 0 bridgehead atoms. The van der Waals surface area contributed by atoms with Crippen LogP contribution in [-0.4, -0.2) is 30.3 Å². The number of amides is 1. The Labute approximate surface area is 125 Å². The van der Waals surface area contributed by atoms with E-state index in [1.54, 1.807) is 24.3 Å². The van der Waals surface area contributed by atoms with Crippen LogP contribution in [0.4, 0.5) is 0 Å². The fourth-order valence-corrected chi connectivity index (χ4v) is 2.39. The van der Waals surface area contributed by atoms with E-state index in [2.05, 4.69) is 17.6 Å². The summed E-state index contributed by atoms with van der Waals surface area (Å²) in [6.07, 6.45) is 1.92. The van der Waals surface area contributed by atoms with Crippen molar-refractivity contribution in [3.05, 3.63) is 35.4 Å². The second-order valence-corrected chi connectivity index (χ2v) is 5.18. The predicted octanol–water partition coefficient (Wildman–Crippen LogP) is 2.18. The van der Waals surface area contributed by atoms with Gasteiger partial charge in [-0.3, -0.25) is 9.59 Å². The van der Waals surface area contributed by atoms with E-state index in [0.29, 0.717) is 17.2 Å². The second kappa shape index (κ2) is 7.41. The molecule has 5 heteroatoms. The molecule has 1 fully saturated rings. The molecular formula is C15H21ClN2O2. The topological polar surface area (TPSA) is 58.2 Å². The van der Waals surface area contributed by atoms with E-state index in [9.17, 15) is 9.59 Å². The summed E-state index contributed by atoms with van der Waals surface area (Å²) in [4.78, 5) is 23.3. The minimum Gasteiger partial charge on any atom is -0.349 e. The van der Waals surface area contributed by atoms with Gasteiger partial charge in [-0.2, -0.15) is 0 Å². The first-order valence-electron chi connectivity index (χ1n) is 6.71. The molecule has 0 spiro atoms. The number of hydrogen-bond donors (Lipinski definition) is 2. The number of Topliss-reactive ketones (excluding diaryl/α,β-unsaturated/α-hetero) is 1. The highest BCUT2D eigenvalue weighted by molar-refractivity contribution is 5.97. The van der Waals surface area contributed by atoms with Gasteiger partial charge in [-0.15, -0.1) is 12.4 Å². The highest BCUT2D eigenvalue weighted by atomic mass is 35.5. The zero-order valence-electron chi connectivity index (χ0n) is 11.8. The van der Waals surface area contributed by atoms with Crippen molar-refractivity contribution in [1.82, 2.24) is 10.6 Å². The molecule has 2 unspecified atom stereocenters. The molecule has 1 aromatic carbocycles. The number of benzene rings is 1. The molecule has 0 saturated carbocycles. The first-order chi connectivity index (χ1) is 9.06. The zero-order valence-corrected chi connectivity index (χ0v) is 12.6. The summed E-state index contributed by atoms with van der Waals surface area (Å²) in [6, 6.07) is 7.48. The van der Waals surface area contributed by atoms with Crippen molar-refractivity contribution in [2.45, 2.75) is 38.8 Å². The van der Waals surface area contributed by atoms with Gasteiger partial charge in [0.15, 0.2) is 5.78 Å². The molecule has 4 nitrogen and oxygen atoms in total. The zero-order chi connectivity index (χ0) is 13.8. The Bertz CT molecular complexity index is 473. The second-order valence-electron chi connectivity index (χ2n) is 5.18. The van der Waals surface area contributed by atoms with Crippen LogP contribution in [0.5, 0.6) is 0 Å². The molecular weight excluding hydrogens is 276 g/mol. The van der Waals surface area contributed by atoms with Crippen LogP contribution in [0.3, 0.4) is 0 Å². The third kappa shape index (κ3) is 4.32. The fraction of sp³-hybridized carbons (Fsp3) is 0.467. The lowest BCUT2D eigenvalue weighted by Crippen LogP contribution is -2.46. The standard InChI is InChI=1S/C15H20N2O2.ClH/c1-10-9-14(7-8-16-10)17-15(19)13-5-3-12(4-6-13)11(2)18;/h3-6,10,14,16H,7-9H2,1-2H3,(H,17,19);1H. The number of nitrogens with one attached hydrogen (secondary N) is 2. The van der Waals surface area contributed by atoms with Gasteiger partial charge in [0.25, 0.3) is 5.91 Å². The van der Waals surface area contributed by atoms with Gasteiger partial charge >= 0.3 is 0 Å². The monoisotopic (exact) mass is 296 g/mol. The smallest absolute Gasteiger partial charge is 0.251 e. The van der Waals surface area contributed by atoms with Crippen LogP contribution in [-0.2, 0) is 0 Å². The van der Waals surface area contributed by atoms with Gasteiger partial charge < -0.3 is 10.6 Å². The molecule has 2 N–H and O–H groups in total. The van der Waals surface area contributed by atoms with Gasteiger partial charge in [-0.1, -0.05) is 12.1 Å². The highest BCUT2D eigenvalue weighted by Gasteiger charge is 2.20. The highest BCUT2D eigenvalue weighted by Crippen LogP contribution is 2.10. The van der Waals surface area contributed by atoms with E-state index in [0.717, 1.165) is 19.4 Å². The summed E-state index contributed by atoms with van der Waals surface area (Å²) < 4.78 is 0. The van der Waals surface area contributed by atoms with Crippen LogP contribution in [0.15, 0.2) is 24.3 Å². The van der Waals surface area contributed by atoms with Gasteiger partial charge in [-0.05, 0) is 45.4 Å². The van der Waals surface area contributed by atoms with E-state index in [4.69, 9.17) is 0 Å². The Morgan fingerprint density at radius 1 is 1.20 bits per heavy atom. The van der Waals surface area contributed by atoms with Crippen molar-refractivity contribution < 1.29 is 9.59 Å². The molecule has 1 aromatic rings. The van der Waals surface area contributed by atoms with Crippen molar-refractivity contribution in [3.8, 4) is 0 Å². The van der Waals surface area contributed by atoms with Gasteiger partial charge in [0.2, 0.25) is 0 Å². The van der Waals surface area contributed by atoms with Crippen molar-refractivity contribution >= 4 is 24.1 Å². The minimum atomic E-state index is -0.0609. The molecule has 1 aliphatic heterocycles. The van der Waals surface area contributed by atoms with Crippen LogP contribution >= 0.6 is 12.4 Å². The Hall–Kier alpha value is -1.39. The third-order valence-electron chi connectivity index (χ3n) is 3.51. The molecule has 1 amide bonds. The average molecular weight is 297 g/mol. The van der Waals surface area contributed by atoms with Gasteiger partial charge in [0, 0.05) is 23.2 Å². The van der Waals surface area contributed by atoms with Crippen LogP contribution in [0.1, 0.15) is 47.4 Å². The van der Waals surface area contributed by atoms with Crippen LogP contribution in [0.25, 0.3) is 0 Å². The largest absolute Gasteiger partial charge is 0.349 e. The first kappa shape index (κ1) is 16.7. The number of rotatable bonds is 3. The number of piperidine rings is 1. The summed E-state index contributed by atoms with van der Waals surface area (Å²) >= 11 is 0. The van der Waals surface area contributed by atoms with Crippen molar-refractivity contribution in [2.24, 2.45) is 0 Å². The molecule has 2 atom stereocenters. The maximum Gasteiger partial charge on any atom is 0.251 e. The van der Waals surface area contributed by atoms with E-state index in [1.165, 1.54) is 6.92 Å². The fourth-order valence-electron chi connectivity index (χ4n) is 2.39. The minimum absolute atomic E-state index is 0. The molecule has 1 heterocycles. The van der Waals surface area contributed by atoms with Crippen molar-refractivity contribution in [1.29, 1.82) is 0 Å². The lowest BCUT2D eigenvalue weighted by atomic mass is 10.00.